The average Bonchev–Trinajstić information content (AvgIpc) is 2.98. The summed E-state index contributed by atoms with van der Waals surface area (Å²) in [5.41, 5.74) is 4.51. The van der Waals surface area contributed by atoms with Gasteiger partial charge in [0.2, 0.25) is 0 Å². The second-order valence-electron chi connectivity index (χ2n) is 6.16. The fraction of sp³-hybridized carbons (Fsp3) is 0.250. The fourth-order valence-electron chi connectivity index (χ4n) is 3.30. The van der Waals surface area contributed by atoms with E-state index in [0.717, 1.165) is 22.3 Å². The van der Waals surface area contributed by atoms with E-state index in [0.29, 0.717) is 0 Å². The third-order valence-electron chi connectivity index (χ3n) is 4.51. The topological polar surface area (TPSA) is 97.2 Å². The molecule has 0 heterocycles. The zero-order valence-corrected chi connectivity index (χ0v) is 15.0. The van der Waals surface area contributed by atoms with Crippen molar-refractivity contribution < 1.29 is 24.3 Å². The molecule has 1 aliphatic rings. The Bertz CT molecular complexity index is 848. The number of alkyl carbamates (subject to hydrolysis) is 1. The Morgan fingerprint density at radius 2 is 1.67 bits per heavy atom. The van der Waals surface area contributed by atoms with E-state index >= 15 is 0 Å². The number of aliphatic carboxylic acids is 1. The normalized spacial score (nSPS) is 14.1. The van der Waals surface area contributed by atoms with Crippen molar-refractivity contribution in [1.82, 2.24) is 5.32 Å². The van der Waals surface area contributed by atoms with Crippen LogP contribution >= 0.6 is 0 Å². The summed E-state index contributed by atoms with van der Waals surface area (Å²) in [5, 5.41) is 15.1. The number of carboxylic acid groups (broad SMARTS) is 1. The number of carboxylic acids is 1. The summed E-state index contributed by atoms with van der Waals surface area (Å²) in [7, 11) is 1.30. The largest absolute Gasteiger partial charge is 0.479 e. The van der Waals surface area contributed by atoms with Crippen molar-refractivity contribution in [1.29, 1.82) is 0 Å². The molecule has 1 amide bonds. The highest BCUT2D eigenvalue weighted by Crippen LogP contribution is 2.44. The van der Waals surface area contributed by atoms with Gasteiger partial charge in [-0.15, -0.1) is 0 Å². The number of carbonyl (C=O) groups excluding carboxylic acids is 1. The van der Waals surface area contributed by atoms with Crippen LogP contribution in [0.3, 0.4) is 0 Å². The van der Waals surface area contributed by atoms with Gasteiger partial charge in [0, 0.05) is 5.92 Å². The summed E-state index contributed by atoms with van der Waals surface area (Å²) < 4.78 is 5.34. The number of fused-ring (bicyclic) bond motifs is 3. The summed E-state index contributed by atoms with van der Waals surface area (Å²) in [4.78, 5) is 28.1. The lowest BCUT2D eigenvalue weighted by atomic mass is 9.98. The third-order valence-corrected chi connectivity index (χ3v) is 4.51. The number of oxime groups is 1. The van der Waals surface area contributed by atoms with Crippen LogP contribution in [0.4, 0.5) is 4.79 Å². The van der Waals surface area contributed by atoms with Gasteiger partial charge in [-0.3, -0.25) is 0 Å². The van der Waals surface area contributed by atoms with Crippen molar-refractivity contribution in [2.24, 2.45) is 5.16 Å². The van der Waals surface area contributed by atoms with Gasteiger partial charge in [0.1, 0.15) is 13.7 Å². The van der Waals surface area contributed by atoms with Gasteiger partial charge in [0.05, 0.1) is 5.71 Å². The molecule has 7 heteroatoms. The van der Waals surface area contributed by atoms with Crippen molar-refractivity contribution in [3.8, 4) is 11.1 Å². The molecule has 0 saturated carbocycles. The number of ether oxygens (including phenoxy) is 1. The van der Waals surface area contributed by atoms with Gasteiger partial charge < -0.3 is 20.0 Å². The number of amides is 1. The second-order valence-corrected chi connectivity index (χ2v) is 6.16. The van der Waals surface area contributed by atoms with E-state index in [1.807, 2.05) is 48.5 Å². The van der Waals surface area contributed by atoms with Crippen LogP contribution in [0, 0.1) is 0 Å². The molecule has 0 fully saturated rings. The Morgan fingerprint density at radius 1 is 1.11 bits per heavy atom. The molecule has 3 rings (SSSR count). The minimum Gasteiger partial charge on any atom is -0.479 e. The molecule has 140 valence electrons. The Hall–Kier alpha value is -3.35. The molecule has 0 aromatic heterocycles. The van der Waals surface area contributed by atoms with Gasteiger partial charge in [-0.1, -0.05) is 53.7 Å². The van der Waals surface area contributed by atoms with Crippen molar-refractivity contribution in [2.45, 2.75) is 18.9 Å². The molecule has 0 bridgehead atoms. The Kier molecular flexibility index (Phi) is 5.40. The molecule has 7 nitrogen and oxygen atoms in total. The molecule has 1 unspecified atom stereocenters. The quantitative estimate of drug-likeness (QED) is 0.603. The van der Waals surface area contributed by atoms with Crippen molar-refractivity contribution >= 4 is 17.8 Å². The SMILES string of the molecule is CON=C(C)C(NC(=O)OCC1c2ccccc2-c2ccccc21)C(=O)O. The lowest BCUT2D eigenvalue weighted by Gasteiger charge is -2.17. The van der Waals surface area contributed by atoms with E-state index in [1.165, 1.54) is 14.0 Å². The molecule has 1 aliphatic carbocycles. The number of carbonyl (C=O) groups is 2. The summed E-state index contributed by atoms with van der Waals surface area (Å²) in [6.07, 6.45) is -0.824. The standard InChI is InChI=1S/C20H20N2O5/c1-12(22-26-2)18(19(23)24)21-20(25)27-11-17-15-9-5-3-7-13(15)14-8-4-6-10-16(14)17/h3-10,17-18H,11H2,1-2H3,(H,21,25)(H,23,24). The first-order valence-electron chi connectivity index (χ1n) is 8.45. The smallest absolute Gasteiger partial charge is 0.408 e. The first-order chi connectivity index (χ1) is 13.0. The van der Waals surface area contributed by atoms with Gasteiger partial charge in [-0.05, 0) is 29.2 Å². The molecule has 2 aromatic rings. The van der Waals surface area contributed by atoms with Gasteiger partial charge in [-0.2, -0.15) is 0 Å². The molecule has 0 radical (unpaired) electrons. The van der Waals surface area contributed by atoms with E-state index in [9.17, 15) is 14.7 Å². The fourth-order valence-corrected chi connectivity index (χ4v) is 3.30. The molecule has 0 saturated heterocycles. The minimum atomic E-state index is -1.32. The zero-order valence-electron chi connectivity index (χ0n) is 15.0. The van der Waals surface area contributed by atoms with Gasteiger partial charge in [0.15, 0.2) is 6.04 Å². The zero-order chi connectivity index (χ0) is 19.4. The van der Waals surface area contributed by atoms with Crippen LogP contribution < -0.4 is 5.32 Å². The highest BCUT2D eigenvalue weighted by Gasteiger charge is 2.30. The average molecular weight is 368 g/mol. The summed E-state index contributed by atoms with van der Waals surface area (Å²) in [5.74, 6) is -1.35. The van der Waals surface area contributed by atoms with E-state index in [2.05, 4.69) is 15.3 Å². The first-order valence-corrected chi connectivity index (χ1v) is 8.45. The molecule has 2 aromatic carbocycles. The Morgan fingerprint density at radius 3 is 2.19 bits per heavy atom. The van der Waals surface area contributed by atoms with Crippen LogP contribution in [-0.4, -0.2) is 42.6 Å². The molecular weight excluding hydrogens is 348 g/mol. The number of hydrogen-bond donors (Lipinski definition) is 2. The minimum absolute atomic E-state index is 0.0971. The highest BCUT2D eigenvalue weighted by molar-refractivity contribution is 6.06. The van der Waals surface area contributed by atoms with E-state index in [1.54, 1.807) is 0 Å². The van der Waals surface area contributed by atoms with E-state index < -0.39 is 18.1 Å². The van der Waals surface area contributed by atoms with E-state index in [4.69, 9.17) is 4.74 Å². The van der Waals surface area contributed by atoms with Gasteiger partial charge >= 0.3 is 12.1 Å². The Labute approximate surface area is 156 Å². The van der Waals surface area contributed by atoms with Crippen LogP contribution in [0.5, 0.6) is 0 Å². The van der Waals surface area contributed by atoms with Crippen molar-refractivity contribution in [3.05, 3.63) is 59.7 Å². The maximum atomic E-state index is 12.2. The van der Waals surface area contributed by atoms with Crippen molar-refractivity contribution in [3.63, 3.8) is 0 Å². The summed E-state index contributed by atoms with van der Waals surface area (Å²) >= 11 is 0. The predicted octanol–water partition coefficient (Wildman–Crippen LogP) is 3.00. The number of benzene rings is 2. The molecule has 2 N–H and O–H groups in total. The summed E-state index contributed by atoms with van der Waals surface area (Å²) in [6.45, 7) is 1.55. The molecule has 1 atom stereocenters. The van der Waals surface area contributed by atoms with Crippen LogP contribution in [0.1, 0.15) is 24.0 Å². The van der Waals surface area contributed by atoms with Gasteiger partial charge in [-0.25, -0.2) is 9.59 Å². The lowest BCUT2D eigenvalue weighted by molar-refractivity contribution is -0.137. The maximum absolute atomic E-state index is 12.2. The lowest BCUT2D eigenvalue weighted by Crippen LogP contribution is -2.46. The van der Waals surface area contributed by atoms with Crippen LogP contribution in [0.2, 0.25) is 0 Å². The molecular formula is C20H20N2O5. The van der Waals surface area contributed by atoms with Crippen LogP contribution in [0.15, 0.2) is 53.7 Å². The second kappa shape index (κ2) is 7.90. The van der Waals surface area contributed by atoms with Crippen molar-refractivity contribution in [2.75, 3.05) is 13.7 Å². The molecule has 27 heavy (non-hydrogen) atoms. The molecule has 0 aliphatic heterocycles. The predicted molar refractivity (Wildman–Crippen MR) is 99.7 cm³/mol. The number of nitrogens with one attached hydrogen (secondary N) is 1. The first kappa shape index (κ1) is 18.4. The highest BCUT2D eigenvalue weighted by atomic mass is 16.6. The molecule has 0 spiro atoms. The maximum Gasteiger partial charge on any atom is 0.408 e. The van der Waals surface area contributed by atoms with Crippen LogP contribution in [0.25, 0.3) is 11.1 Å². The van der Waals surface area contributed by atoms with Crippen LogP contribution in [-0.2, 0) is 14.4 Å². The summed E-state index contributed by atoms with van der Waals surface area (Å²) in [6, 6.07) is 14.6. The van der Waals surface area contributed by atoms with Gasteiger partial charge in [0.25, 0.3) is 0 Å². The number of hydrogen-bond acceptors (Lipinski definition) is 5. The number of rotatable bonds is 6. The third kappa shape index (κ3) is 3.76. The number of nitrogens with zero attached hydrogens (tertiary/aromatic N) is 1. The monoisotopic (exact) mass is 368 g/mol. The van der Waals surface area contributed by atoms with E-state index in [-0.39, 0.29) is 18.2 Å². The Balaban J connectivity index is 1.72.